The third kappa shape index (κ3) is 3.85. The molecule has 2 amide bonds. The summed E-state index contributed by atoms with van der Waals surface area (Å²) in [5, 5.41) is 5.72. The van der Waals surface area contributed by atoms with Crippen molar-refractivity contribution in [1.82, 2.24) is 15.5 Å². The van der Waals surface area contributed by atoms with Crippen LogP contribution in [0.1, 0.15) is 24.5 Å². The normalized spacial score (nSPS) is 26.1. The third-order valence-electron chi connectivity index (χ3n) is 5.29. The molecule has 2 N–H and O–H groups in total. The number of fused-ring (bicyclic) bond motifs is 1. The van der Waals surface area contributed by atoms with Gasteiger partial charge in [0.05, 0.1) is 13.2 Å². The molecule has 1 aromatic carbocycles. The molecule has 1 fully saturated rings. The van der Waals surface area contributed by atoms with E-state index >= 15 is 0 Å². The average Bonchev–Trinajstić information content (AvgIpc) is 3.07. The molecule has 0 radical (unpaired) electrons. The number of carbonyl (C=O) groups is 2. The second-order valence-corrected chi connectivity index (χ2v) is 7.06. The first-order valence-corrected chi connectivity index (χ1v) is 8.96. The number of nitrogens with zero attached hydrogens (tertiary/aromatic N) is 1. The summed E-state index contributed by atoms with van der Waals surface area (Å²) < 4.78 is 5.88. The molecule has 6 heteroatoms. The van der Waals surface area contributed by atoms with Gasteiger partial charge in [-0.15, -0.1) is 0 Å². The van der Waals surface area contributed by atoms with Gasteiger partial charge in [0.2, 0.25) is 5.91 Å². The minimum absolute atomic E-state index is 0.0319. The number of benzene rings is 1. The Hall–Kier alpha value is -1.92. The van der Waals surface area contributed by atoms with Crippen LogP contribution in [0.5, 0.6) is 0 Å². The largest absolute Gasteiger partial charge is 0.360 e. The van der Waals surface area contributed by atoms with Crippen molar-refractivity contribution < 1.29 is 14.3 Å². The molecule has 25 heavy (non-hydrogen) atoms. The first-order chi connectivity index (χ1) is 12.0. The van der Waals surface area contributed by atoms with Crippen LogP contribution in [-0.4, -0.2) is 56.5 Å². The van der Waals surface area contributed by atoms with E-state index in [4.69, 9.17) is 4.74 Å². The Labute approximate surface area is 148 Å². The molecule has 0 saturated carbocycles. The van der Waals surface area contributed by atoms with Gasteiger partial charge in [0.15, 0.2) is 5.60 Å². The molecular weight excluding hydrogens is 318 g/mol. The Bertz CT molecular complexity index is 649. The zero-order valence-electron chi connectivity index (χ0n) is 15.0. The second-order valence-electron chi connectivity index (χ2n) is 7.06. The summed E-state index contributed by atoms with van der Waals surface area (Å²) in [6.45, 7) is 5.18. The van der Waals surface area contributed by atoms with Crippen molar-refractivity contribution in [1.29, 1.82) is 0 Å². The Morgan fingerprint density at radius 2 is 2.16 bits per heavy atom. The number of amides is 2. The fraction of sp³-hybridized carbons (Fsp3) is 0.579. The molecule has 2 aliphatic heterocycles. The van der Waals surface area contributed by atoms with Gasteiger partial charge in [0.25, 0.3) is 5.91 Å². The van der Waals surface area contributed by atoms with Crippen LogP contribution in [0.3, 0.4) is 0 Å². The fourth-order valence-corrected chi connectivity index (χ4v) is 3.75. The van der Waals surface area contributed by atoms with Crippen molar-refractivity contribution in [3.63, 3.8) is 0 Å². The van der Waals surface area contributed by atoms with Gasteiger partial charge in [-0.3, -0.25) is 14.5 Å². The van der Waals surface area contributed by atoms with Gasteiger partial charge in [-0.25, -0.2) is 0 Å². The van der Waals surface area contributed by atoms with E-state index in [1.165, 1.54) is 5.56 Å². The predicted molar refractivity (Wildman–Crippen MR) is 95.1 cm³/mol. The zero-order chi connectivity index (χ0) is 17.9. The third-order valence-corrected chi connectivity index (χ3v) is 5.29. The Kier molecular flexibility index (Phi) is 5.39. The number of hydrogen-bond donors (Lipinski definition) is 2. The molecule has 1 saturated heterocycles. The highest BCUT2D eigenvalue weighted by Gasteiger charge is 2.40. The van der Waals surface area contributed by atoms with Gasteiger partial charge >= 0.3 is 0 Å². The summed E-state index contributed by atoms with van der Waals surface area (Å²) in [5.41, 5.74) is 1.23. The number of likely N-dealkylation sites (tertiary alicyclic amines) is 1. The van der Waals surface area contributed by atoms with Crippen molar-refractivity contribution in [2.75, 3.05) is 39.8 Å². The highest BCUT2D eigenvalue weighted by Crippen LogP contribution is 2.33. The van der Waals surface area contributed by atoms with Crippen LogP contribution in [-0.2, 0) is 26.3 Å². The van der Waals surface area contributed by atoms with E-state index in [-0.39, 0.29) is 11.8 Å². The van der Waals surface area contributed by atoms with E-state index in [1.54, 1.807) is 7.05 Å². The van der Waals surface area contributed by atoms with Crippen molar-refractivity contribution in [2.24, 2.45) is 5.92 Å². The van der Waals surface area contributed by atoms with Crippen molar-refractivity contribution in [3.05, 3.63) is 35.4 Å². The maximum absolute atomic E-state index is 12.8. The van der Waals surface area contributed by atoms with Crippen molar-refractivity contribution >= 4 is 11.8 Å². The zero-order valence-corrected chi connectivity index (χ0v) is 15.0. The van der Waals surface area contributed by atoms with Gasteiger partial charge in [-0.1, -0.05) is 24.3 Å². The Balaban J connectivity index is 1.56. The summed E-state index contributed by atoms with van der Waals surface area (Å²) >= 11 is 0. The van der Waals surface area contributed by atoms with Crippen molar-refractivity contribution in [2.45, 2.75) is 25.4 Å². The molecule has 0 bridgehead atoms. The molecule has 3 rings (SSSR count). The lowest BCUT2D eigenvalue weighted by atomic mass is 9.87. The van der Waals surface area contributed by atoms with Gasteiger partial charge in [-0.2, -0.15) is 0 Å². The molecule has 0 aliphatic carbocycles. The molecule has 2 heterocycles. The predicted octanol–water partition coefficient (Wildman–Crippen LogP) is 0.659. The number of likely N-dealkylation sites (N-methyl/N-ethyl adjacent to an activating group) is 1. The summed E-state index contributed by atoms with van der Waals surface area (Å²) in [4.78, 5) is 26.4. The topological polar surface area (TPSA) is 70.7 Å². The van der Waals surface area contributed by atoms with Crippen LogP contribution < -0.4 is 10.6 Å². The maximum Gasteiger partial charge on any atom is 0.256 e. The lowest BCUT2D eigenvalue weighted by molar-refractivity contribution is -0.148. The van der Waals surface area contributed by atoms with Crippen LogP contribution >= 0.6 is 0 Å². The van der Waals surface area contributed by atoms with Crippen LogP contribution in [0.4, 0.5) is 0 Å². The number of carbonyl (C=O) groups excluding carboxylic acids is 2. The number of hydrogen-bond acceptors (Lipinski definition) is 4. The van der Waals surface area contributed by atoms with Gasteiger partial charge in [0, 0.05) is 20.1 Å². The molecule has 136 valence electrons. The summed E-state index contributed by atoms with van der Waals surface area (Å²) in [6.07, 6.45) is 1.83. The second kappa shape index (κ2) is 7.54. The van der Waals surface area contributed by atoms with Crippen LogP contribution in [0.15, 0.2) is 24.3 Å². The standard InChI is InChI=1S/C19H27N3O3/c1-19(16-6-4-3-5-15(16)8-10-25-19)18(24)21-11-14-7-9-22(12-14)13-17(23)20-2/h3-6,14H,7-13H2,1-2H3,(H,20,23)(H,21,24). The lowest BCUT2D eigenvalue weighted by Gasteiger charge is -2.35. The van der Waals surface area contributed by atoms with Crippen LogP contribution in [0.2, 0.25) is 0 Å². The average molecular weight is 345 g/mol. The quantitative estimate of drug-likeness (QED) is 0.822. The maximum atomic E-state index is 12.8. The van der Waals surface area contributed by atoms with Gasteiger partial charge in [-0.05, 0) is 43.4 Å². The molecule has 0 spiro atoms. The SMILES string of the molecule is CNC(=O)CN1CCC(CNC(=O)C2(C)OCCc3ccccc32)C1. The van der Waals surface area contributed by atoms with E-state index in [2.05, 4.69) is 21.6 Å². The van der Waals surface area contributed by atoms with E-state index in [9.17, 15) is 9.59 Å². The Morgan fingerprint density at radius 3 is 2.96 bits per heavy atom. The molecule has 6 nitrogen and oxygen atoms in total. The van der Waals surface area contributed by atoms with Gasteiger partial charge < -0.3 is 15.4 Å². The molecule has 2 aliphatic rings. The smallest absolute Gasteiger partial charge is 0.256 e. The fourth-order valence-electron chi connectivity index (χ4n) is 3.75. The van der Waals surface area contributed by atoms with E-state index in [0.29, 0.717) is 25.6 Å². The number of ether oxygens (including phenoxy) is 1. The molecular formula is C19H27N3O3. The van der Waals surface area contributed by atoms with Gasteiger partial charge in [0.1, 0.15) is 0 Å². The number of nitrogens with one attached hydrogen (secondary N) is 2. The summed E-state index contributed by atoms with van der Waals surface area (Å²) in [7, 11) is 1.65. The summed E-state index contributed by atoms with van der Waals surface area (Å²) in [6, 6.07) is 8.00. The van der Waals surface area contributed by atoms with Crippen LogP contribution in [0.25, 0.3) is 0 Å². The van der Waals surface area contributed by atoms with E-state index < -0.39 is 5.60 Å². The minimum Gasteiger partial charge on any atom is -0.360 e. The first kappa shape index (κ1) is 17.9. The highest BCUT2D eigenvalue weighted by atomic mass is 16.5. The summed E-state index contributed by atoms with van der Waals surface area (Å²) in [5.74, 6) is 0.324. The molecule has 2 unspecified atom stereocenters. The first-order valence-electron chi connectivity index (χ1n) is 8.96. The number of rotatable bonds is 5. The monoisotopic (exact) mass is 345 g/mol. The highest BCUT2D eigenvalue weighted by molar-refractivity contribution is 5.86. The molecule has 2 atom stereocenters. The Morgan fingerprint density at radius 1 is 1.36 bits per heavy atom. The minimum atomic E-state index is -0.921. The van der Waals surface area contributed by atoms with Crippen molar-refractivity contribution in [3.8, 4) is 0 Å². The lowest BCUT2D eigenvalue weighted by Crippen LogP contribution is -2.48. The molecule has 1 aromatic rings. The van der Waals surface area contributed by atoms with E-state index in [0.717, 1.165) is 31.5 Å². The van der Waals surface area contributed by atoms with Crippen LogP contribution in [0, 0.1) is 5.92 Å². The molecule has 0 aromatic heterocycles. The van der Waals surface area contributed by atoms with E-state index in [1.807, 2.05) is 25.1 Å².